The number of carbonyl (C=O) groups is 1. The number of non-ortho nitro benzene ring substituents is 1. The quantitative estimate of drug-likeness (QED) is 0.382. The molecule has 2 aliphatic rings. The molecular weight excluding hydrogens is 428 g/mol. The molecule has 0 aliphatic carbocycles. The number of nitro groups is 1. The van der Waals surface area contributed by atoms with Gasteiger partial charge in [-0.15, -0.1) is 0 Å². The standard InChI is InChI=1S/C20H19BrN2O5/c21-17-9-2-1-8-16(17)18-19(20(24)22(18)12-15-7-4-10-27-15)28-14-6-3-5-13(11-14)23(25)26/h1-3,5-6,8-9,11,15,18-19H,4,7,10,12H2/t15-,18+,19+/m0/s1. The minimum absolute atomic E-state index is 0.0349. The predicted octanol–water partition coefficient (Wildman–Crippen LogP) is 3.87. The highest BCUT2D eigenvalue weighted by Gasteiger charge is 2.51. The Hall–Kier alpha value is -2.45. The molecule has 2 aliphatic heterocycles. The fourth-order valence-corrected chi connectivity index (χ4v) is 4.23. The van der Waals surface area contributed by atoms with Crippen molar-refractivity contribution in [2.75, 3.05) is 13.2 Å². The number of carbonyl (C=O) groups excluding carboxylic acids is 1. The summed E-state index contributed by atoms with van der Waals surface area (Å²) >= 11 is 3.56. The molecule has 0 aromatic heterocycles. The van der Waals surface area contributed by atoms with Crippen LogP contribution < -0.4 is 4.74 Å². The van der Waals surface area contributed by atoms with Crippen molar-refractivity contribution in [2.24, 2.45) is 0 Å². The summed E-state index contributed by atoms with van der Waals surface area (Å²) in [6.45, 7) is 1.24. The lowest BCUT2D eigenvalue weighted by Gasteiger charge is -2.47. The van der Waals surface area contributed by atoms with E-state index in [0.717, 1.165) is 29.5 Å². The van der Waals surface area contributed by atoms with Crippen LogP contribution in [0.1, 0.15) is 24.4 Å². The van der Waals surface area contributed by atoms with Crippen LogP contribution in [0.5, 0.6) is 5.75 Å². The van der Waals surface area contributed by atoms with E-state index < -0.39 is 11.0 Å². The van der Waals surface area contributed by atoms with E-state index in [9.17, 15) is 14.9 Å². The summed E-state index contributed by atoms with van der Waals surface area (Å²) in [6, 6.07) is 13.3. The van der Waals surface area contributed by atoms with Gasteiger partial charge in [0.25, 0.3) is 11.6 Å². The van der Waals surface area contributed by atoms with Crippen molar-refractivity contribution in [2.45, 2.75) is 31.1 Å². The van der Waals surface area contributed by atoms with Crippen LogP contribution in [0.3, 0.4) is 0 Å². The van der Waals surface area contributed by atoms with Crippen molar-refractivity contribution in [3.05, 3.63) is 68.7 Å². The molecule has 0 unspecified atom stereocenters. The first-order chi connectivity index (χ1) is 13.5. The molecule has 2 heterocycles. The maximum atomic E-state index is 12.9. The average molecular weight is 447 g/mol. The topological polar surface area (TPSA) is 81.9 Å². The molecule has 0 radical (unpaired) electrons. The summed E-state index contributed by atoms with van der Waals surface area (Å²) in [4.78, 5) is 25.2. The number of nitrogens with zero attached hydrogens (tertiary/aromatic N) is 2. The van der Waals surface area contributed by atoms with Crippen LogP contribution >= 0.6 is 15.9 Å². The van der Waals surface area contributed by atoms with E-state index in [0.29, 0.717) is 12.3 Å². The predicted molar refractivity (Wildman–Crippen MR) is 105 cm³/mol. The SMILES string of the molecule is O=C1[C@H](Oc2cccc([N+](=O)[O-])c2)[C@@H](c2ccccc2Br)N1C[C@@H]1CCCO1. The molecule has 4 rings (SSSR count). The highest BCUT2D eigenvalue weighted by atomic mass is 79.9. The number of ether oxygens (including phenoxy) is 2. The molecule has 0 bridgehead atoms. The van der Waals surface area contributed by atoms with Gasteiger partial charge in [0.05, 0.1) is 17.1 Å². The highest BCUT2D eigenvalue weighted by molar-refractivity contribution is 9.10. The lowest BCUT2D eigenvalue weighted by molar-refractivity contribution is -0.385. The molecular formula is C20H19BrN2O5. The van der Waals surface area contributed by atoms with Gasteiger partial charge in [-0.3, -0.25) is 14.9 Å². The van der Waals surface area contributed by atoms with E-state index in [1.807, 2.05) is 24.3 Å². The van der Waals surface area contributed by atoms with Gasteiger partial charge in [0.1, 0.15) is 11.8 Å². The zero-order valence-corrected chi connectivity index (χ0v) is 16.6. The second-order valence-corrected chi connectivity index (χ2v) is 7.74. The van der Waals surface area contributed by atoms with Crippen molar-refractivity contribution >= 4 is 27.5 Å². The van der Waals surface area contributed by atoms with Crippen LogP contribution in [0.25, 0.3) is 0 Å². The van der Waals surface area contributed by atoms with Gasteiger partial charge in [-0.2, -0.15) is 0 Å². The van der Waals surface area contributed by atoms with Gasteiger partial charge in [0.2, 0.25) is 6.10 Å². The number of β-lactam (4-membered cyclic amide) rings is 1. The number of benzene rings is 2. The van der Waals surface area contributed by atoms with Crippen LogP contribution in [-0.4, -0.2) is 41.1 Å². The number of hydrogen-bond donors (Lipinski definition) is 0. The Kier molecular flexibility index (Phi) is 5.32. The Morgan fingerprint density at radius 2 is 2.07 bits per heavy atom. The van der Waals surface area contributed by atoms with Gasteiger partial charge in [-0.05, 0) is 30.5 Å². The highest BCUT2D eigenvalue weighted by Crippen LogP contribution is 2.41. The molecule has 3 atom stereocenters. The van der Waals surface area contributed by atoms with Gasteiger partial charge in [-0.1, -0.05) is 40.2 Å². The van der Waals surface area contributed by atoms with Crippen LogP contribution in [0, 0.1) is 10.1 Å². The smallest absolute Gasteiger partial charge is 0.273 e. The molecule has 2 aromatic rings. The summed E-state index contributed by atoms with van der Waals surface area (Å²) in [5, 5.41) is 11.0. The number of amides is 1. The summed E-state index contributed by atoms with van der Waals surface area (Å²) in [5.41, 5.74) is 0.869. The lowest BCUT2D eigenvalue weighted by atomic mass is 9.90. The van der Waals surface area contributed by atoms with Crippen LogP contribution in [0.15, 0.2) is 53.0 Å². The van der Waals surface area contributed by atoms with Crippen LogP contribution in [0.4, 0.5) is 5.69 Å². The molecule has 0 N–H and O–H groups in total. The molecule has 146 valence electrons. The minimum atomic E-state index is -0.734. The lowest BCUT2D eigenvalue weighted by Crippen LogP contribution is -2.62. The molecule has 2 saturated heterocycles. The van der Waals surface area contributed by atoms with Gasteiger partial charge in [-0.25, -0.2) is 0 Å². The fourth-order valence-electron chi connectivity index (χ4n) is 3.71. The van der Waals surface area contributed by atoms with Crippen molar-refractivity contribution < 1.29 is 19.2 Å². The molecule has 7 nitrogen and oxygen atoms in total. The number of hydrogen-bond acceptors (Lipinski definition) is 5. The summed E-state index contributed by atoms with van der Waals surface area (Å²) < 4.78 is 12.5. The maximum Gasteiger partial charge on any atom is 0.273 e. The van der Waals surface area contributed by atoms with Crippen molar-refractivity contribution in [3.8, 4) is 5.75 Å². The summed E-state index contributed by atoms with van der Waals surface area (Å²) in [6.07, 6.45) is 1.23. The average Bonchev–Trinajstić information content (AvgIpc) is 3.21. The zero-order valence-electron chi connectivity index (χ0n) is 15.0. The number of rotatable bonds is 6. The van der Waals surface area contributed by atoms with Gasteiger partial charge in [0.15, 0.2) is 0 Å². The maximum absolute atomic E-state index is 12.9. The normalized spacial score (nSPS) is 24.1. The third-order valence-electron chi connectivity index (χ3n) is 5.09. The minimum Gasteiger partial charge on any atom is -0.478 e. The Morgan fingerprint density at radius 3 is 2.79 bits per heavy atom. The molecule has 0 spiro atoms. The molecule has 2 aromatic carbocycles. The Balaban J connectivity index is 1.60. The van der Waals surface area contributed by atoms with Crippen LogP contribution in [-0.2, 0) is 9.53 Å². The third kappa shape index (κ3) is 3.62. The second-order valence-electron chi connectivity index (χ2n) is 6.88. The zero-order chi connectivity index (χ0) is 19.7. The van der Waals surface area contributed by atoms with E-state index in [4.69, 9.17) is 9.47 Å². The Morgan fingerprint density at radius 1 is 1.25 bits per heavy atom. The Bertz CT molecular complexity index is 900. The van der Waals surface area contributed by atoms with Crippen LogP contribution in [0.2, 0.25) is 0 Å². The van der Waals surface area contributed by atoms with Gasteiger partial charge in [0, 0.05) is 23.7 Å². The van der Waals surface area contributed by atoms with Crippen molar-refractivity contribution in [1.82, 2.24) is 4.90 Å². The molecule has 28 heavy (non-hydrogen) atoms. The molecule has 8 heteroatoms. The summed E-state index contributed by atoms with van der Waals surface area (Å²) in [7, 11) is 0. The summed E-state index contributed by atoms with van der Waals surface area (Å²) in [5.74, 6) is 0.170. The largest absolute Gasteiger partial charge is 0.478 e. The van der Waals surface area contributed by atoms with E-state index in [2.05, 4.69) is 15.9 Å². The monoisotopic (exact) mass is 446 g/mol. The van der Waals surface area contributed by atoms with E-state index in [-0.39, 0.29) is 23.7 Å². The number of nitro benzene ring substituents is 1. The van der Waals surface area contributed by atoms with E-state index in [1.165, 1.54) is 12.1 Å². The molecule has 1 amide bonds. The van der Waals surface area contributed by atoms with E-state index >= 15 is 0 Å². The number of likely N-dealkylation sites (tertiary alicyclic amines) is 1. The fraction of sp³-hybridized carbons (Fsp3) is 0.350. The Labute approximate surface area is 170 Å². The first-order valence-electron chi connectivity index (χ1n) is 9.12. The first kappa shape index (κ1) is 18.9. The molecule has 2 fully saturated rings. The van der Waals surface area contributed by atoms with Crippen molar-refractivity contribution in [3.63, 3.8) is 0 Å². The van der Waals surface area contributed by atoms with Crippen molar-refractivity contribution in [1.29, 1.82) is 0 Å². The van der Waals surface area contributed by atoms with Gasteiger partial charge >= 0.3 is 0 Å². The van der Waals surface area contributed by atoms with Gasteiger partial charge < -0.3 is 14.4 Å². The second kappa shape index (κ2) is 7.89. The first-order valence-corrected chi connectivity index (χ1v) is 9.91. The van der Waals surface area contributed by atoms with E-state index in [1.54, 1.807) is 17.0 Å². The third-order valence-corrected chi connectivity index (χ3v) is 5.81. The number of halogens is 1. The molecule has 0 saturated carbocycles.